The van der Waals surface area contributed by atoms with Crippen LogP contribution in [-0.2, 0) is 0 Å². The molecule has 0 fully saturated rings. The van der Waals surface area contributed by atoms with Crippen molar-refractivity contribution in [2.45, 2.75) is 13.8 Å². The smallest absolute Gasteiger partial charge is 0.171 e. The van der Waals surface area contributed by atoms with E-state index in [1.807, 2.05) is 37.9 Å². The Hall–Kier alpha value is -2.19. The number of halogens is 1. The normalized spacial score (nSPS) is 10.3. The molecule has 0 saturated heterocycles. The van der Waals surface area contributed by atoms with Crippen LogP contribution in [-0.4, -0.2) is 23.4 Å². The summed E-state index contributed by atoms with van der Waals surface area (Å²) in [6, 6.07) is 7.67. The quantitative estimate of drug-likeness (QED) is 0.943. The van der Waals surface area contributed by atoms with E-state index in [1.165, 1.54) is 0 Å². The molecule has 0 unspecified atom stereocenters. The second kappa shape index (κ2) is 5.43. The summed E-state index contributed by atoms with van der Waals surface area (Å²) >= 11 is 6.13. The first-order valence-corrected chi connectivity index (χ1v) is 6.63. The maximum atomic E-state index is 9.27. The van der Waals surface area contributed by atoms with Gasteiger partial charge >= 0.3 is 0 Å². The third-order valence-corrected chi connectivity index (χ3v) is 3.66. The summed E-state index contributed by atoms with van der Waals surface area (Å²) in [6.07, 6.45) is 0. The fourth-order valence-electron chi connectivity index (χ4n) is 1.85. The maximum Gasteiger partial charge on any atom is 0.171 e. The highest BCUT2D eigenvalue weighted by Gasteiger charge is 2.19. The summed E-state index contributed by atoms with van der Waals surface area (Å²) in [6.45, 7) is 4.65. The van der Waals surface area contributed by atoms with Crippen LogP contribution in [0.15, 0.2) is 18.2 Å². The van der Waals surface area contributed by atoms with Gasteiger partial charge in [0.25, 0.3) is 0 Å². The lowest BCUT2D eigenvalue weighted by Crippen LogP contribution is -2.17. The molecule has 2 rings (SSSR count). The van der Waals surface area contributed by atoms with Crippen LogP contribution < -0.4 is 10.6 Å². The first-order chi connectivity index (χ1) is 9.49. The Bertz CT molecular complexity index is 684. The standard InChI is InChI=1S/C14H16ClN5/c1-4-19(3)14-11(8-16)13(17)20(18-14)10-6-5-9(2)12(15)7-10/h5-7H,4,17H2,1-3H3. The van der Waals surface area contributed by atoms with E-state index in [1.54, 1.807) is 10.7 Å². The van der Waals surface area contributed by atoms with E-state index in [2.05, 4.69) is 11.2 Å². The highest BCUT2D eigenvalue weighted by molar-refractivity contribution is 6.31. The largest absolute Gasteiger partial charge is 0.382 e. The van der Waals surface area contributed by atoms with Gasteiger partial charge in [-0.05, 0) is 31.5 Å². The molecule has 5 nitrogen and oxygen atoms in total. The molecule has 1 heterocycles. The minimum absolute atomic E-state index is 0.322. The molecule has 104 valence electrons. The van der Waals surface area contributed by atoms with Gasteiger partial charge in [-0.15, -0.1) is 5.10 Å². The molecular formula is C14H16ClN5. The molecule has 0 radical (unpaired) electrons. The van der Waals surface area contributed by atoms with E-state index in [4.69, 9.17) is 17.3 Å². The molecule has 2 aromatic rings. The number of nitriles is 1. The van der Waals surface area contributed by atoms with Gasteiger partial charge in [0, 0.05) is 18.6 Å². The highest BCUT2D eigenvalue weighted by Crippen LogP contribution is 2.28. The van der Waals surface area contributed by atoms with Gasteiger partial charge in [-0.25, -0.2) is 4.68 Å². The predicted octanol–water partition coefficient (Wildman–Crippen LogP) is 2.74. The van der Waals surface area contributed by atoms with E-state index in [-0.39, 0.29) is 0 Å². The third kappa shape index (κ3) is 2.30. The molecule has 0 amide bonds. The van der Waals surface area contributed by atoms with Crippen molar-refractivity contribution in [1.82, 2.24) is 9.78 Å². The monoisotopic (exact) mass is 289 g/mol. The van der Waals surface area contributed by atoms with Gasteiger partial charge in [0.05, 0.1) is 5.69 Å². The number of aromatic nitrogens is 2. The highest BCUT2D eigenvalue weighted by atomic mass is 35.5. The zero-order chi connectivity index (χ0) is 14.9. The van der Waals surface area contributed by atoms with Gasteiger partial charge < -0.3 is 10.6 Å². The summed E-state index contributed by atoms with van der Waals surface area (Å²) in [5.74, 6) is 0.895. The van der Waals surface area contributed by atoms with Gasteiger partial charge in [0.15, 0.2) is 5.82 Å². The van der Waals surface area contributed by atoms with Crippen molar-refractivity contribution in [2.24, 2.45) is 0 Å². The zero-order valence-corrected chi connectivity index (χ0v) is 12.4. The molecule has 1 aromatic heterocycles. The van der Waals surface area contributed by atoms with Crippen LogP contribution in [0.2, 0.25) is 5.02 Å². The van der Waals surface area contributed by atoms with Crippen LogP contribution >= 0.6 is 11.6 Å². The minimum Gasteiger partial charge on any atom is -0.382 e. The average molecular weight is 290 g/mol. The fraction of sp³-hybridized carbons (Fsp3) is 0.286. The fourth-order valence-corrected chi connectivity index (χ4v) is 2.03. The van der Waals surface area contributed by atoms with Gasteiger partial charge in [-0.3, -0.25) is 0 Å². The van der Waals surface area contributed by atoms with E-state index in [0.717, 1.165) is 17.8 Å². The Kier molecular flexibility index (Phi) is 3.86. The van der Waals surface area contributed by atoms with E-state index in [9.17, 15) is 5.26 Å². The summed E-state index contributed by atoms with van der Waals surface area (Å²) in [7, 11) is 1.87. The molecule has 0 aliphatic heterocycles. The predicted molar refractivity (Wildman–Crippen MR) is 81.4 cm³/mol. The first-order valence-electron chi connectivity index (χ1n) is 6.25. The van der Waals surface area contributed by atoms with Crippen molar-refractivity contribution in [2.75, 3.05) is 24.2 Å². The molecule has 0 aliphatic carbocycles. The molecule has 0 bridgehead atoms. The van der Waals surface area contributed by atoms with Crippen LogP contribution in [0, 0.1) is 18.3 Å². The molecule has 0 aliphatic rings. The van der Waals surface area contributed by atoms with E-state index in [0.29, 0.717) is 22.2 Å². The lowest BCUT2D eigenvalue weighted by atomic mass is 10.2. The van der Waals surface area contributed by atoms with Gasteiger partial charge in [-0.1, -0.05) is 17.7 Å². The molecular weight excluding hydrogens is 274 g/mol. The number of hydrogen-bond acceptors (Lipinski definition) is 4. The summed E-state index contributed by atoms with van der Waals surface area (Å²) in [5.41, 5.74) is 8.14. The van der Waals surface area contributed by atoms with Crippen LogP contribution in [0.4, 0.5) is 11.6 Å². The van der Waals surface area contributed by atoms with Crippen molar-refractivity contribution >= 4 is 23.2 Å². The minimum atomic E-state index is 0.322. The number of aryl methyl sites for hydroxylation is 1. The van der Waals surface area contributed by atoms with Gasteiger partial charge in [0.2, 0.25) is 0 Å². The van der Waals surface area contributed by atoms with Crippen LogP contribution in [0.3, 0.4) is 0 Å². The number of hydrogen-bond donors (Lipinski definition) is 1. The number of nitrogen functional groups attached to an aromatic ring is 1. The van der Waals surface area contributed by atoms with Crippen molar-refractivity contribution in [3.05, 3.63) is 34.3 Å². The topological polar surface area (TPSA) is 70.9 Å². The first kappa shape index (κ1) is 14.2. The van der Waals surface area contributed by atoms with E-state index < -0.39 is 0 Å². The number of nitrogens with two attached hydrogens (primary N) is 1. The number of benzene rings is 1. The molecule has 0 saturated carbocycles. The Morgan fingerprint density at radius 1 is 1.50 bits per heavy atom. The zero-order valence-electron chi connectivity index (χ0n) is 11.7. The van der Waals surface area contributed by atoms with Gasteiger partial charge in [-0.2, -0.15) is 5.26 Å². The Labute approximate surface area is 123 Å². The summed E-state index contributed by atoms with van der Waals surface area (Å²) in [4.78, 5) is 1.88. The van der Waals surface area contributed by atoms with Crippen molar-refractivity contribution in [3.63, 3.8) is 0 Å². The van der Waals surface area contributed by atoms with Crippen LogP contribution in [0.25, 0.3) is 5.69 Å². The second-order valence-corrected chi connectivity index (χ2v) is 4.96. The third-order valence-electron chi connectivity index (χ3n) is 3.25. The van der Waals surface area contributed by atoms with Crippen molar-refractivity contribution < 1.29 is 0 Å². The number of rotatable bonds is 3. The lowest BCUT2D eigenvalue weighted by Gasteiger charge is -2.12. The Morgan fingerprint density at radius 2 is 2.20 bits per heavy atom. The average Bonchev–Trinajstić information content (AvgIpc) is 2.78. The Balaban J connectivity index is 2.61. The second-order valence-electron chi connectivity index (χ2n) is 4.56. The molecule has 20 heavy (non-hydrogen) atoms. The lowest BCUT2D eigenvalue weighted by molar-refractivity contribution is 0.851. The molecule has 2 N–H and O–H groups in total. The molecule has 0 atom stereocenters. The summed E-state index contributed by atoms with van der Waals surface area (Å²) in [5, 5.41) is 14.3. The van der Waals surface area contributed by atoms with E-state index >= 15 is 0 Å². The summed E-state index contributed by atoms with van der Waals surface area (Å²) < 4.78 is 1.55. The molecule has 1 aromatic carbocycles. The maximum absolute atomic E-state index is 9.27. The molecule has 6 heteroatoms. The molecule has 0 spiro atoms. The van der Waals surface area contributed by atoms with Crippen LogP contribution in [0.1, 0.15) is 18.1 Å². The van der Waals surface area contributed by atoms with Crippen molar-refractivity contribution in [1.29, 1.82) is 5.26 Å². The SMILES string of the molecule is CCN(C)c1nn(-c2ccc(C)c(Cl)c2)c(N)c1C#N. The van der Waals surface area contributed by atoms with Crippen LogP contribution in [0.5, 0.6) is 0 Å². The number of nitrogens with zero attached hydrogens (tertiary/aromatic N) is 4. The number of anilines is 2. The van der Waals surface area contributed by atoms with Gasteiger partial charge in [0.1, 0.15) is 17.5 Å². The Morgan fingerprint density at radius 3 is 2.75 bits per heavy atom. The van der Waals surface area contributed by atoms with Crippen molar-refractivity contribution in [3.8, 4) is 11.8 Å².